The largest absolute Gasteiger partial charge is 0.391 e. The summed E-state index contributed by atoms with van der Waals surface area (Å²) in [4.78, 5) is 14.2. The molecule has 1 fully saturated rings. The van der Waals surface area contributed by atoms with E-state index in [4.69, 9.17) is 9.94 Å². The summed E-state index contributed by atoms with van der Waals surface area (Å²) in [5, 5.41) is 22.0. The van der Waals surface area contributed by atoms with Crippen molar-refractivity contribution in [1.82, 2.24) is 15.7 Å². The number of hydrogen-bond acceptors (Lipinski definition) is 6. The van der Waals surface area contributed by atoms with Gasteiger partial charge < -0.3 is 9.84 Å². The average molecular weight is 450 g/mol. The molecule has 4 rings (SSSR count). The lowest BCUT2D eigenvalue weighted by Gasteiger charge is -2.26. The zero-order valence-corrected chi connectivity index (χ0v) is 18.9. The summed E-state index contributed by atoms with van der Waals surface area (Å²) in [6.45, 7) is 6.03. The molecule has 7 heteroatoms. The van der Waals surface area contributed by atoms with Crippen LogP contribution < -0.4 is 10.8 Å². The molecule has 174 valence electrons. The number of amides is 1. The number of nitrogens with zero attached hydrogens (tertiary/aromatic N) is 1. The molecule has 1 heterocycles. The van der Waals surface area contributed by atoms with Crippen LogP contribution in [-0.2, 0) is 22.5 Å². The van der Waals surface area contributed by atoms with Crippen LogP contribution in [0.2, 0.25) is 0 Å². The normalized spacial score (nSPS) is 19.8. The van der Waals surface area contributed by atoms with Gasteiger partial charge in [0.15, 0.2) is 0 Å². The van der Waals surface area contributed by atoms with Crippen LogP contribution >= 0.6 is 0 Å². The minimum Gasteiger partial charge on any atom is -0.391 e. The number of hydrogen-bond donors (Lipinski definition) is 4. The van der Waals surface area contributed by atoms with Crippen molar-refractivity contribution < 1.29 is 19.8 Å². The second-order valence-corrected chi connectivity index (χ2v) is 8.70. The predicted octanol–water partition coefficient (Wildman–Crippen LogP) is 1.75. The molecule has 0 aromatic heterocycles. The van der Waals surface area contributed by atoms with Crippen molar-refractivity contribution in [3.8, 4) is 11.8 Å². The van der Waals surface area contributed by atoms with E-state index in [1.54, 1.807) is 5.48 Å². The van der Waals surface area contributed by atoms with Crippen LogP contribution in [0.25, 0.3) is 0 Å². The summed E-state index contributed by atoms with van der Waals surface area (Å²) in [5.74, 6) is 5.87. The fourth-order valence-electron chi connectivity index (χ4n) is 4.44. The Morgan fingerprint density at radius 3 is 2.55 bits per heavy atom. The van der Waals surface area contributed by atoms with E-state index in [9.17, 15) is 9.90 Å². The van der Waals surface area contributed by atoms with Crippen LogP contribution in [0.3, 0.4) is 0 Å². The van der Waals surface area contributed by atoms with Crippen molar-refractivity contribution in [2.75, 3.05) is 26.3 Å². The smallest absolute Gasteiger partial charge is 0.263 e. The summed E-state index contributed by atoms with van der Waals surface area (Å²) < 4.78 is 5.41. The lowest BCUT2D eigenvalue weighted by atomic mass is 10.0. The summed E-state index contributed by atoms with van der Waals surface area (Å²) in [5.41, 5.74) is 7.13. The maximum atomic E-state index is 11.8. The zero-order valence-electron chi connectivity index (χ0n) is 18.9. The average Bonchev–Trinajstić information content (AvgIpc) is 3.24. The minimum atomic E-state index is -0.924. The molecule has 1 aliphatic carbocycles. The Bertz CT molecular complexity index is 1020. The Morgan fingerprint density at radius 1 is 1.15 bits per heavy atom. The maximum absolute atomic E-state index is 11.8. The molecule has 0 spiro atoms. The summed E-state index contributed by atoms with van der Waals surface area (Å²) in [7, 11) is 0. The van der Waals surface area contributed by atoms with Gasteiger partial charge in [-0.2, -0.15) is 0 Å². The highest BCUT2D eigenvalue weighted by Gasteiger charge is 2.30. The van der Waals surface area contributed by atoms with Crippen LogP contribution in [-0.4, -0.2) is 59.6 Å². The summed E-state index contributed by atoms with van der Waals surface area (Å²) in [6.07, 6.45) is 0.761. The molecule has 1 saturated heterocycles. The topological polar surface area (TPSA) is 94.1 Å². The van der Waals surface area contributed by atoms with Gasteiger partial charge in [-0.05, 0) is 60.7 Å². The Morgan fingerprint density at radius 2 is 1.85 bits per heavy atom. The Balaban J connectivity index is 1.39. The first kappa shape index (κ1) is 23.4. The molecular formula is C26H31N3O4. The monoisotopic (exact) mass is 449 g/mol. The molecule has 0 radical (unpaired) electrons. The fourth-order valence-corrected chi connectivity index (χ4v) is 4.44. The van der Waals surface area contributed by atoms with E-state index in [0.29, 0.717) is 0 Å². The molecule has 0 unspecified atom stereocenters. The van der Waals surface area contributed by atoms with Crippen molar-refractivity contribution in [2.45, 2.75) is 44.5 Å². The third-order valence-corrected chi connectivity index (χ3v) is 6.29. The highest BCUT2D eigenvalue weighted by molar-refractivity contribution is 5.81. The van der Waals surface area contributed by atoms with Crippen molar-refractivity contribution in [3.63, 3.8) is 0 Å². The van der Waals surface area contributed by atoms with E-state index in [-0.39, 0.29) is 6.04 Å². The van der Waals surface area contributed by atoms with Gasteiger partial charge >= 0.3 is 0 Å². The number of nitrogens with one attached hydrogen (secondary N) is 2. The molecule has 33 heavy (non-hydrogen) atoms. The second kappa shape index (κ2) is 10.9. The number of carbonyl (C=O) groups excluding carboxylic acids is 1. The quantitative estimate of drug-likeness (QED) is 0.305. The Labute approximate surface area is 194 Å². The van der Waals surface area contributed by atoms with Gasteiger partial charge in [0.05, 0.1) is 19.3 Å². The van der Waals surface area contributed by atoms with E-state index in [2.05, 4.69) is 52.4 Å². The van der Waals surface area contributed by atoms with E-state index >= 15 is 0 Å². The van der Waals surface area contributed by atoms with Crippen LogP contribution in [0, 0.1) is 11.8 Å². The van der Waals surface area contributed by atoms with Crippen LogP contribution in [0.4, 0.5) is 0 Å². The van der Waals surface area contributed by atoms with Crippen LogP contribution in [0.15, 0.2) is 42.5 Å². The maximum Gasteiger partial charge on any atom is 0.263 e. The number of aliphatic hydroxyl groups excluding tert-OH is 1. The van der Waals surface area contributed by atoms with E-state index in [1.807, 2.05) is 12.1 Å². The molecule has 1 aliphatic heterocycles. The standard InChI is InChI=1S/C26H31N3O4/c1-18(30)25(26(31)28-32)27-24-11-9-22-16-20(8-10-23(22)24)5-2-19-3-6-21(7-4-19)17-29-12-14-33-15-13-29/h3-4,6-8,10,16,18,24-25,27,30,32H,9,11-15,17H2,1H3,(H,28,31)/t18-,24-,25+/m1/s1. The van der Waals surface area contributed by atoms with Crippen molar-refractivity contribution >= 4 is 5.91 Å². The highest BCUT2D eigenvalue weighted by atomic mass is 16.5. The summed E-state index contributed by atoms with van der Waals surface area (Å²) in [6, 6.07) is 13.6. The predicted molar refractivity (Wildman–Crippen MR) is 125 cm³/mol. The van der Waals surface area contributed by atoms with E-state index < -0.39 is 18.1 Å². The van der Waals surface area contributed by atoms with Crippen LogP contribution in [0.5, 0.6) is 0 Å². The van der Waals surface area contributed by atoms with Gasteiger partial charge in [0.25, 0.3) is 5.91 Å². The first-order chi connectivity index (χ1) is 16.0. The third-order valence-electron chi connectivity index (χ3n) is 6.29. The minimum absolute atomic E-state index is 0.0575. The first-order valence-electron chi connectivity index (χ1n) is 11.5. The van der Waals surface area contributed by atoms with Crippen molar-refractivity contribution in [3.05, 3.63) is 70.3 Å². The number of benzene rings is 2. The number of fused-ring (bicyclic) bond motifs is 1. The van der Waals surface area contributed by atoms with Crippen molar-refractivity contribution in [2.24, 2.45) is 0 Å². The number of aliphatic hydroxyl groups is 1. The number of hydroxylamine groups is 1. The Hall–Kier alpha value is -2.73. The van der Waals surface area contributed by atoms with E-state index in [0.717, 1.165) is 62.4 Å². The molecule has 0 saturated carbocycles. The lowest BCUT2D eigenvalue weighted by Crippen LogP contribution is -2.50. The molecule has 1 amide bonds. The Kier molecular flexibility index (Phi) is 7.76. The molecule has 4 N–H and O–H groups in total. The van der Waals surface area contributed by atoms with Gasteiger partial charge in [0.1, 0.15) is 6.04 Å². The SMILES string of the molecule is C[C@@H](O)[C@H](N[C@@H]1CCc2cc(C#Cc3ccc(CN4CCOCC4)cc3)ccc21)C(=O)NO. The molecule has 0 bridgehead atoms. The van der Waals surface area contributed by atoms with Gasteiger partial charge in [-0.25, -0.2) is 5.48 Å². The molecule has 2 aliphatic rings. The molecule has 3 atom stereocenters. The number of morpholine rings is 1. The van der Waals surface area contributed by atoms with Gasteiger partial charge in [-0.1, -0.05) is 30.0 Å². The molecular weight excluding hydrogens is 418 g/mol. The van der Waals surface area contributed by atoms with Gasteiger partial charge in [-0.15, -0.1) is 0 Å². The zero-order chi connectivity index (χ0) is 23.2. The highest BCUT2D eigenvalue weighted by Crippen LogP contribution is 2.32. The number of ether oxygens (including phenoxy) is 1. The molecule has 2 aromatic rings. The number of carbonyl (C=O) groups is 1. The van der Waals surface area contributed by atoms with Gasteiger partial charge in [0, 0.05) is 36.8 Å². The number of aryl methyl sites for hydroxylation is 1. The molecule has 7 nitrogen and oxygen atoms in total. The number of rotatable bonds is 6. The van der Waals surface area contributed by atoms with Crippen LogP contribution in [0.1, 0.15) is 47.2 Å². The van der Waals surface area contributed by atoms with E-state index in [1.165, 1.54) is 18.1 Å². The second-order valence-electron chi connectivity index (χ2n) is 8.70. The van der Waals surface area contributed by atoms with Gasteiger partial charge in [0.2, 0.25) is 0 Å². The fraction of sp³-hybridized carbons (Fsp3) is 0.423. The lowest BCUT2D eigenvalue weighted by molar-refractivity contribution is -0.134. The summed E-state index contributed by atoms with van der Waals surface area (Å²) >= 11 is 0. The van der Waals surface area contributed by atoms with Crippen molar-refractivity contribution in [1.29, 1.82) is 0 Å². The molecule has 2 aromatic carbocycles. The first-order valence-corrected chi connectivity index (χ1v) is 11.5. The van der Waals surface area contributed by atoms with Gasteiger partial charge in [-0.3, -0.25) is 20.2 Å². The third kappa shape index (κ3) is 5.99.